The Kier molecular flexibility index (Phi) is 1.56. The van der Waals surface area contributed by atoms with Crippen LogP contribution >= 0.6 is 0 Å². The maximum atomic E-state index is 9.26. The highest BCUT2D eigenvalue weighted by Gasteiger charge is 2.60. The molecule has 14 heavy (non-hydrogen) atoms. The monoisotopic (exact) mass is 189 g/mol. The molecule has 2 heteroatoms. The Hall–Kier alpha value is -0.860. The van der Waals surface area contributed by atoms with Gasteiger partial charge >= 0.3 is 0 Å². The summed E-state index contributed by atoms with van der Waals surface area (Å²) in [6.07, 6.45) is 2.20. The smallest absolute Gasteiger partial charge is 0.0614 e. The standard InChI is InChI=1S/C12H15NO/c14-9-12-6-11(7-12,8-13-12)10-4-2-1-3-5-10/h1-5,13-14H,6-9H2. The molecule has 0 aromatic heterocycles. The van der Waals surface area contributed by atoms with E-state index in [1.807, 2.05) is 0 Å². The van der Waals surface area contributed by atoms with Crippen molar-refractivity contribution in [2.24, 2.45) is 0 Å². The fourth-order valence-corrected chi connectivity index (χ4v) is 3.12. The molecule has 4 rings (SSSR count). The minimum Gasteiger partial charge on any atom is -0.394 e. The average Bonchev–Trinajstić information content (AvgIpc) is 2.74. The van der Waals surface area contributed by atoms with Crippen molar-refractivity contribution in [3.05, 3.63) is 35.9 Å². The van der Waals surface area contributed by atoms with E-state index in [1.54, 1.807) is 0 Å². The van der Waals surface area contributed by atoms with Gasteiger partial charge in [-0.25, -0.2) is 0 Å². The van der Waals surface area contributed by atoms with E-state index >= 15 is 0 Å². The first-order chi connectivity index (χ1) is 6.79. The lowest BCUT2D eigenvalue weighted by Crippen LogP contribution is -2.52. The van der Waals surface area contributed by atoms with Crippen LogP contribution in [0.1, 0.15) is 18.4 Å². The molecule has 2 bridgehead atoms. The molecule has 2 saturated heterocycles. The second-order valence-electron chi connectivity index (χ2n) is 4.79. The van der Waals surface area contributed by atoms with Crippen molar-refractivity contribution in [3.63, 3.8) is 0 Å². The van der Waals surface area contributed by atoms with Crippen LogP contribution in [0, 0.1) is 0 Å². The minimum atomic E-state index is 0.0514. The highest BCUT2D eigenvalue weighted by atomic mass is 16.3. The number of aliphatic hydroxyl groups excluding tert-OH is 1. The van der Waals surface area contributed by atoms with Gasteiger partial charge in [0.25, 0.3) is 0 Å². The summed E-state index contributed by atoms with van der Waals surface area (Å²) in [5.41, 5.74) is 1.80. The van der Waals surface area contributed by atoms with Crippen molar-refractivity contribution in [2.45, 2.75) is 23.8 Å². The Bertz CT molecular complexity index is 341. The number of aliphatic hydroxyl groups is 1. The van der Waals surface area contributed by atoms with Gasteiger partial charge in [0.05, 0.1) is 6.61 Å². The molecular formula is C12H15NO. The quantitative estimate of drug-likeness (QED) is 0.729. The lowest BCUT2D eigenvalue weighted by atomic mass is 9.59. The van der Waals surface area contributed by atoms with Crippen LogP contribution in [0.4, 0.5) is 0 Å². The molecule has 1 aromatic carbocycles. The Labute approximate surface area is 84.0 Å². The summed E-state index contributed by atoms with van der Waals surface area (Å²) in [6, 6.07) is 10.7. The van der Waals surface area contributed by atoms with E-state index in [2.05, 4.69) is 35.6 Å². The Morgan fingerprint density at radius 3 is 2.50 bits per heavy atom. The third-order valence-electron chi connectivity index (χ3n) is 3.84. The molecule has 0 radical (unpaired) electrons. The fraction of sp³-hybridized carbons (Fsp3) is 0.500. The third-order valence-corrected chi connectivity index (χ3v) is 3.84. The first-order valence-electron chi connectivity index (χ1n) is 5.20. The number of hydrogen-bond acceptors (Lipinski definition) is 2. The molecule has 0 atom stereocenters. The maximum Gasteiger partial charge on any atom is 0.0614 e. The molecule has 2 heterocycles. The Morgan fingerprint density at radius 2 is 1.93 bits per heavy atom. The first kappa shape index (κ1) is 8.45. The predicted octanol–water partition coefficient (Wildman–Crippen LogP) is 1.05. The molecule has 3 fully saturated rings. The summed E-state index contributed by atoms with van der Waals surface area (Å²) >= 11 is 0. The van der Waals surface area contributed by atoms with E-state index in [-0.39, 0.29) is 12.1 Å². The Morgan fingerprint density at radius 1 is 1.21 bits per heavy atom. The molecule has 0 amide bonds. The SMILES string of the molecule is OCC12CC(c3ccccc3)(CN1)C2. The highest BCUT2D eigenvalue weighted by molar-refractivity contribution is 5.37. The second kappa shape index (κ2) is 2.59. The average molecular weight is 189 g/mol. The second-order valence-corrected chi connectivity index (χ2v) is 4.79. The lowest BCUT2D eigenvalue weighted by molar-refractivity contribution is 0.0973. The molecule has 0 unspecified atom stereocenters. The molecule has 2 N–H and O–H groups in total. The zero-order valence-electron chi connectivity index (χ0n) is 8.16. The van der Waals surface area contributed by atoms with Crippen molar-refractivity contribution >= 4 is 0 Å². The van der Waals surface area contributed by atoms with Crippen molar-refractivity contribution in [1.82, 2.24) is 5.32 Å². The van der Waals surface area contributed by atoms with E-state index < -0.39 is 0 Å². The number of rotatable bonds is 2. The van der Waals surface area contributed by atoms with Crippen LogP contribution in [0.25, 0.3) is 0 Å². The zero-order chi connectivity index (χ0) is 9.65. The van der Waals surface area contributed by atoms with Gasteiger partial charge in [-0.3, -0.25) is 0 Å². The molecule has 0 spiro atoms. The molecule has 2 aliphatic heterocycles. The summed E-state index contributed by atoms with van der Waals surface area (Å²) in [5, 5.41) is 12.7. The number of nitrogens with one attached hydrogen (secondary N) is 1. The van der Waals surface area contributed by atoms with Gasteiger partial charge in [-0.15, -0.1) is 0 Å². The van der Waals surface area contributed by atoms with Crippen molar-refractivity contribution in [3.8, 4) is 0 Å². The maximum absolute atomic E-state index is 9.26. The summed E-state index contributed by atoms with van der Waals surface area (Å²) in [5.74, 6) is 0. The summed E-state index contributed by atoms with van der Waals surface area (Å²) in [4.78, 5) is 0. The predicted molar refractivity (Wildman–Crippen MR) is 55.2 cm³/mol. The highest BCUT2D eigenvalue weighted by Crippen LogP contribution is 2.54. The van der Waals surface area contributed by atoms with Gasteiger partial charge in [0.15, 0.2) is 0 Å². The summed E-state index contributed by atoms with van der Waals surface area (Å²) in [6.45, 7) is 1.30. The van der Waals surface area contributed by atoms with Gasteiger partial charge < -0.3 is 10.4 Å². The van der Waals surface area contributed by atoms with E-state index in [4.69, 9.17) is 0 Å². The lowest BCUT2D eigenvalue weighted by Gasteiger charge is -2.45. The van der Waals surface area contributed by atoms with Crippen LogP contribution in [0.3, 0.4) is 0 Å². The Balaban J connectivity index is 1.90. The molecule has 1 aromatic rings. The van der Waals surface area contributed by atoms with E-state index in [0.717, 1.165) is 19.4 Å². The van der Waals surface area contributed by atoms with Crippen molar-refractivity contribution in [1.29, 1.82) is 0 Å². The van der Waals surface area contributed by atoms with Crippen molar-refractivity contribution < 1.29 is 5.11 Å². The van der Waals surface area contributed by atoms with Crippen LogP contribution < -0.4 is 5.32 Å². The number of benzene rings is 1. The van der Waals surface area contributed by atoms with Crippen LogP contribution in [-0.4, -0.2) is 23.8 Å². The van der Waals surface area contributed by atoms with E-state index in [0.29, 0.717) is 5.41 Å². The summed E-state index contributed by atoms with van der Waals surface area (Å²) < 4.78 is 0. The van der Waals surface area contributed by atoms with Gasteiger partial charge in [-0.1, -0.05) is 30.3 Å². The van der Waals surface area contributed by atoms with Gasteiger partial charge in [0, 0.05) is 17.5 Å². The van der Waals surface area contributed by atoms with Crippen LogP contribution in [0.2, 0.25) is 0 Å². The number of hydrogen-bond donors (Lipinski definition) is 2. The van der Waals surface area contributed by atoms with Crippen LogP contribution in [0.5, 0.6) is 0 Å². The topological polar surface area (TPSA) is 32.3 Å². The number of fused-ring (bicyclic) bond motifs is 1. The van der Waals surface area contributed by atoms with Gasteiger partial charge in [-0.05, 0) is 18.4 Å². The fourth-order valence-electron chi connectivity index (χ4n) is 3.12. The summed E-state index contributed by atoms with van der Waals surface area (Å²) in [7, 11) is 0. The molecule has 74 valence electrons. The van der Waals surface area contributed by atoms with Crippen LogP contribution in [0.15, 0.2) is 30.3 Å². The zero-order valence-corrected chi connectivity index (χ0v) is 8.16. The third kappa shape index (κ3) is 0.928. The largest absolute Gasteiger partial charge is 0.394 e. The molecule has 1 aliphatic carbocycles. The molecule has 1 saturated carbocycles. The van der Waals surface area contributed by atoms with Gasteiger partial charge in [0.2, 0.25) is 0 Å². The molecule has 2 nitrogen and oxygen atoms in total. The minimum absolute atomic E-state index is 0.0514. The van der Waals surface area contributed by atoms with E-state index in [9.17, 15) is 5.11 Å². The van der Waals surface area contributed by atoms with E-state index in [1.165, 1.54) is 5.56 Å². The van der Waals surface area contributed by atoms with Crippen molar-refractivity contribution in [2.75, 3.05) is 13.2 Å². The van der Waals surface area contributed by atoms with Crippen LogP contribution in [-0.2, 0) is 5.41 Å². The first-order valence-corrected chi connectivity index (χ1v) is 5.20. The molecule has 3 aliphatic rings. The molecular weight excluding hydrogens is 174 g/mol. The normalized spacial score (nSPS) is 39.5. The van der Waals surface area contributed by atoms with Gasteiger partial charge in [-0.2, -0.15) is 0 Å². The van der Waals surface area contributed by atoms with Gasteiger partial charge in [0.1, 0.15) is 0 Å².